The van der Waals surface area contributed by atoms with Crippen molar-refractivity contribution in [1.82, 2.24) is 0 Å². The number of hydrogen-bond acceptors (Lipinski definition) is 4. The molecule has 0 radical (unpaired) electrons. The van der Waals surface area contributed by atoms with E-state index in [1.165, 1.54) is 61.6 Å². The maximum absolute atomic E-state index is 6.47. The Morgan fingerprint density at radius 3 is 2.44 bits per heavy atom. The number of ether oxygens (including phenoxy) is 4. The minimum absolute atomic E-state index is 0.180. The maximum atomic E-state index is 6.47. The molecule has 2 fully saturated rings. The Hall–Kier alpha value is -2.30. The van der Waals surface area contributed by atoms with Gasteiger partial charge in [-0.25, -0.2) is 0 Å². The normalized spacial score (nSPS) is 23.6. The van der Waals surface area contributed by atoms with E-state index in [1.54, 1.807) is 0 Å². The van der Waals surface area contributed by atoms with Crippen molar-refractivity contribution in [1.29, 1.82) is 0 Å². The topological polar surface area (TPSA) is 43.5 Å². The van der Waals surface area contributed by atoms with Crippen LogP contribution in [0.25, 0.3) is 5.57 Å². The molecule has 2 aromatic carbocycles. The number of rotatable bonds is 15. The molecule has 2 aliphatic heterocycles. The lowest BCUT2D eigenvalue weighted by atomic mass is 9.82. The molecule has 194 valence electrons. The second kappa shape index (κ2) is 12.8. The van der Waals surface area contributed by atoms with Crippen LogP contribution in [-0.4, -0.2) is 38.1 Å². The average molecular weight is 491 g/mol. The molecule has 36 heavy (non-hydrogen) atoms. The highest BCUT2D eigenvalue weighted by Crippen LogP contribution is 2.37. The second-order valence-electron chi connectivity index (χ2n) is 10.6. The van der Waals surface area contributed by atoms with Crippen LogP contribution in [0.15, 0.2) is 54.6 Å². The van der Waals surface area contributed by atoms with Crippen molar-refractivity contribution < 1.29 is 18.9 Å². The highest BCUT2D eigenvalue weighted by molar-refractivity contribution is 5.67. The van der Waals surface area contributed by atoms with E-state index in [1.807, 2.05) is 0 Å². The Balaban J connectivity index is 1.12. The number of benzene rings is 2. The molecule has 2 aromatic rings. The predicted molar refractivity (Wildman–Crippen MR) is 145 cm³/mol. The Labute approximate surface area is 217 Å². The van der Waals surface area contributed by atoms with E-state index in [0.29, 0.717) is 18.6 Å². The van der Waals surface area contributed by atoms with Crippen molar-refractivity contribution in [3.05, 3.63) is 65.7 Å². The van der Waals surface area contributed by atoms with Gasteiger partial charge in [-0.15, -0.1) is 0 Å². The Morgan fingerprint density at radius 1 is 0.917 bits per heavy atom. The number of allylic oxidation sites excluding steroid dienone is 2. The lowest BCUT2D eigenvalue weighted by Crippen LogP contribution is -2.23. The van der Waals surface area contributed by atoms with Crippen LogP contribution in [0.2, 0.25) is 0 Å². The van der Waals surface area contributed by atoms with Gasteiger partial charge in [0.2, 0.25) is 0 Å². The Kier molecular flexibility index (Phi) is 9.00. The van der Waals surface area contributed by atoms with Crippen molar-refractivity contribution >= 4 is 5.57 Å². The highest BCUT2D eigenvalue weighted by atomic mass is 16.6. The van der Waals surface area contributed by atoms with E-state index in [2.05, 4.69) is 61.5 Å². The summed E-state index contributed by atoms with van der Waals surface area (Å²) in [7, 11) is 0. The molecule has 0 spiro atoms. The van der Waals surface area contributed by atoms with Crippen LogP contribution in [0.5, 0.6) is 11.5 Å². The summed E-state index contributed by atoms with van der Waals surface area (Å²) in [6.07, 6.45) is 15.5. The minimum Gasteiger partial charge on any atom is -0.491 e. The molecule has 4 heteroatoms. The monoisotopic (exact) mass is 490 g/mol. The van der Waals surface area contributed by atoms with E-state index in [9.17, 15) is 0 Å². The third-order valence-corrected chi connectivity index (χ3v) is 7.71. The summed E-state index contributed by atoms with van der Waals surface area (Å²) >= 11 is 0. The first-order chi connectivity index (χ1) is 17.8. The van der Waals surface area contributed by atoms with Gasteiger partial charge < -0.3 is 18.9 Å². The first-order valence-corrected chi connectivity index (χ1v) is 14.2. The summed E-state index contributed by atoms with van der Waals surface area (Å²) in [4.78, 5) is 0. The van der Waals surface area contributed by atoms with E-state index in [0.717, 1.165) is 44.0 Å². The van der Waals surface area contributed by atoms with E-state index in [4.69, 9.17) is 18.9 Å². The fraction of sp³-hybridized carbons (Fsp3) is 0.562. The van der Waals surface area contributed by atoms with Gasteiger partial charge >= 0.3 is 0 Å². The zero-order chi connectivity index (χ0) is 24.6. The number of hydrogen-bond donors (Lipinski definition) is 0. The van der Waals surface area contributed by atoms with Crippen LogP contribution in [-0.2, 0) is 9.47 Å². The number of unbranched alkanes of at least 4 members (excludes halogenated alkanes) is 5. The Morgan fingerprint density at radius 2 is 1.72 bits per heavy atom. The molecule has 3 aliphatic rings. The molecule has 0 bridgehead atoms. The SMILES string of the molecule is CCCCCCCCC(Oc1cccc(C2=CCC(c3ccc(OCC4CO4)cc3)CC2)c1)C1CO1. The van der Waals surface area contributed by atoms with Crippen molar-refractivity contribution in [3.8, 4) is 11.5 Å². The molecule has 4 atom stereocenters. The van der Waals surface area contributed by atoms with Gasteiger partial charge in [-0.3, -0.25) is 0 Å². The van der Waals surface area contributed by atoms with Gasteiger partial charge in [-0.1, -0.05) is 69.4 Å². The van der Waals surface area contributed by atoms with Crippen molar-refractivity contribution in [2.75, 3.05) is 19.8 Å². The fourth-order valence-electron chi connectivity index (χ4n) is 5.25. The lowest BCUT2D eigenvalue weighted by Gasteiger charge is -2.23. The molecule has 4 nitrogen and oxygen atoms in total. The van der Waals surface area contributed by atoms with Gasteiger partial charge in [0.15, 0.2) is 0 Å². The van der Waals surface area contributed by atoms with Crippen LogP contribution in [0.4, 0.5) is 0 Å². The average Bonchev–Trinajstić information content (AvgIpc) is 3.84. The molecule has 4 unspecified atom stereocenters. The fourth-order valence-corrected chi connectivity index (χ4v) is 5.25. The third kappa shape index (κ3) is 7.60. The van der Waals surface area contributed by atoms with E-state index in [-0.39, 0.29) is 12.2 Å². The summed E-state index contributed by atoms with van der Waals surface area (Å²) in [5.41, 5.74) is 4.14. The summed E-state index contributed by atoms with van der Waals surface area (Å²) in [5.74, 6) is 2.49. The van der Waals surface area contributed by atoms with Crippen LogP contribution < -0.4 is 9.47 Å². The zero-order valence-electron chi connectivity index (χ0n) is 21.8. The molecule has 2 heterocycles. The molecular weight excluding hydrogens is 448 g/mol. The van der Waals surface area contributed by atoms with E-state index < -0.39 is 0 Å². The molecule has 0 amide bonds. The van der Waals surface area contributed by atoms with Crippen molar-refractivity contribution in [2.45, 2.75) is 95.4 Å². The first-order valence-electron chi connectivity index (χ1n) is 14.2. The molecule has 2 saturated heterocycles. The second-order valence-corrected chi connectivity index (χ2v) is 10.6. The van der Waals surface area contributed by atoms with Crippen LogP contribution in [0, 0.1) is 0 Å². The van der Waals surface area contributed by atoms with Crippen molar-refractivity contribution in [3.63, 3.8) is 0 Å². The zero-order valence-corrected chi connectivity index (χ0v) is 21.8. The summed E-state index contributed by atoms with van der Waals surface area (Å²) in [6.45, 7) is 4.60. The van der Waals surface area contributed by atoms with Gasteiger partial charge in [-0.05, 0) is 79.0 Å². The number of epoxide rings is 2. The van der Waals surface area contributed by atoms with Crippen LogP contribution >= 0.6 is 0 Å². The molecule has 1 aliphatic carbocycles. The van der Waals surface area contributed by atoms with Crippen LogP contribution in [0.1, 0.15) is 88.2 Å². The van der Waals surface area contributed by atoms with Gasteiger partial charge in [0.1, 0.15) is 36.4 Å². The third-order valence-electron chi connectivity index (χ3n) is 7.71. The lowest BCUT2D eigenvalue weighted by molar-refractivity contribution is 0.147. The molecule has 0 aromatic heterocycles. The summed E-state index contributed by atoms with van der Waals surface area (Å²) in [6, 6.07) is 17.4. The predicted octanol–water partition coefficient (Wildman–Crippen LogP) is 7.71. The van der Waals surface area contributed by atoms with Gasteiger partial charge in [0.05, 0.1) is 13.2 Å². The first kappa shape index (κ1) is 25.4. The standard InChI is InChI=1S/C32H42O4/c1-2-3-4-5-6-7-11-31(32-23-35-32)36-29-10-8-9-27(20-29)26-14-12-24(13-15-26)25-16-18-28(19-17-25)33-21-30-22-34-30/h8-10,14,16-20,24,30-32H,2-7,11-13,15,21-23H2,1H3. The maximum Gasteiger partial charge on any atom is 0.127 e. The molecular formula is C32H42O4. The molecule has 5 rings (SSSR count). The van der Waals surface area contributed by atoms with Gasteiger partial charge in [0, 0.05) is 0 Å². The summed E-state index contributed by atoms with van der Waals surface area (Å²) in [5, 5.41) is 0. The highest BCUT2D eigenvalue weighted by Gasteiger charge is 2.34. The summed E-state index contributed by atoms with van der Waals surface area (Å²) < 4.78 is 23.1. The quantitative estimate of drug-likeness (QED) is 0.189. The van der Waals surface area contributed by atoms with Gasteiger partial charge in [0.25, 0.3) is 0 Å². The van der Waals surface area contributed by atoms with Crippen LogP contribution in [0.3, 0.4) is 0 Å². The largest absolute Gasteiger partial charge is 0.491 e. The minimum atomic E-state index is 0.180. The van der Waals surface area contributed by atoms with E-state index >= 15 is 0 Å². The van der Waals surface area contributed by atoms with Gasteiger partial charge in [-0.2, -0.15) is 0 Å². The molecule has 0 N–H and O–H groups in total. The van der Waals surface area contributed by atoms with Crippen molar-refractivity contribution in [2.24, 2.45) is 0 Å². The Bertz CT molecular complexity index is 974. The smallest absolute Gasteiger partial charge is 0.127 e. The molecule has 0 saturated carbocycles.